The molecule has 0 saturated carbocycles. The highest BCUT2D eigenvalue weighted by molar-refractivity contribution is 5.73. The smallest absolute Gasteiger partial charge is 0.283 e. The molecular formula is C13H15FN2O2. The Morgan fingerprint density at radius 1 is 1.50 bits per heavy atom. The molecule has 0 amide bonds. The van der Waals surface area contributed by atoms with Gasteiger partial charge >= 0.3 is 0 Å². The van der Waals surface area contributed by atoms with Crippen molar-refractivity contribution in [2.45, 2.75) is 25.0 Å². The Bertz CT molecular complexity index is 518. The van der Waals surface area contributed by atoms with Crippen molar-refractivity contribution in [1.82, 2.24) is 0 Å². The molecule has 0 aliphatic carbocycles. The first-order chi connectivity index (χ1) is 8.62. The van der Waals surface area contributed by atoms with Gasteiger partial charge in [-0.25, -0.2) is 9.38 Å². The molecule has 1 saturated heterocycles. The molecule has 1 aromatic rings. The highest BCUT2D eigenvalue weighted by Crippen LogP contribution is 2.43. The minimum atomic E-state index is -0.724. The molecule has 1 aromatic carbocycles. The molecule has 0 radical (unpaired) electrons. The summed E-state index contributed by atoms with van der Waals surface area (Å²) in [6.07, 6.45) is 0.364. The molecule has 0 spiro atoms. The number of amidine groups is 1. The first kappa shape index (κ1) is 11.5. The van der Waals surface area contributed by atoms with Crippen LogP contribution in [0.25, 0.3) is 0 Å². The fourth-order valence-corrected chi connectivity index (χ4v) is 2.70. The van der Waals surface area contributed by atoms with E-state index in [9.17, 15) is 4.39 Å². The molecular weight excluding hydrogens is 235 g/mol. The van der Waals surface area contributed by atoms with Gasteiger partial charge in [0.15, 0.2) is 0 Å². The Balaban J connectivity index is 2.17. The number of hydrogen-bond donors (Lipinski definition) is 1. The number of benzene rings is 1. The van der Waals surface area contributed by atoms with Crippen LogP contribution in [-0.4, -0.2) is 25.3 Å². The van der Waals surface area contributed by atoms with Crippen LogP contribution in [0.4, 0.5) is 4.39 Å². The lowest BCUT2D eigenvalue weighted by atomic mass is 9.82. The van der Waals surface area contributed by atoms with Gasteiger partial charge in [-0.1, -0.05) is 17.7 Å². The maximum absolute atomic E-state index is 14.1. The molecule has 2 heterocycles. The van der Waals surface area contributed by atoms with Crippen LogP contribution in [0.1, 0.15) is 17.5 Å². The van der Waals surface area contributed by atoms with Crippen molar-refractivity contribution in [3.05, 3.63) is 35.1 Å². The van der Waals surface area contributed by atoms with Crippen LogP contribution < -0.4 is 5.73 Å². The van der Waals surface area contributed by atoms with Crippen LogP contribution in [0.2, 0.25) is 0 Å². The van der Waals surface area contributed by atoms with E-state index in [0.717, 1.165) is 5.56 Å². The van der Waals surface area contributed by atoms with E-state index in [0.29, 0.717) is 25.2 Å². The average Bonchev–Trinajstić information content (AvgIpc) is 2.76. The summed E-state index contributed by atoms with van der Waals surface area (Å²) >= 11 is 0. The number of nitrogens with zero attached hydrogens (tertiary/aromatic N) is 1. The second-order valence-corrected chi connectivity index (χ2v) is 4.78. The number of aliphatic imine (C=N–C) groups is 1. The minimum Gasteiger partial charge on any atom is -0.463 e. The number of halogens is 1. The Labute approximate surface area is 105 Å². The number of rotatable bonds is 1. The summed E-state index contributed by atoms with van der Waals surface area (Å²) in [5.41, 5.74) is 6.47. The van der Waals surface area contributed by atoms with Crippen LogP contribution in [0, 0.1) is 12.7 Å². The fourth-order valence-electron chi connectivity index (χ4n) is 2.70. The number of ether oxygens (including phenoxy) is 2. The molecule has 4 nitrogen and oxygen atoms in total. The monoisotopic (exact) mass is 250 g/mol. The second-order valence-electron chi connectivity index (χ2n) is 4.78. The molecule has 1 fully saturated rings. The van der Waals surface area contributed by atoms with E-state index in [4.69, 9.17) is 15.2 Å². The molecule has 2 aliphatic heterocycles. The van der Waals surface area contributed by atoms with Crippen molar-refractivity contribution in [3.63, 3.8) is 0 Å². The Morgan fingerprint density at radius 3 is 3.17 bits per heavy atom. The molecule has 2 N–H and O–H groups in total. The van der Waals surface area contributed by atoms with E-state index in [2.05, 4.69) is 4.99 Å². The molecule has 3 rings (SSSR count). The van der Waals surface area contributed by atoms with Gasteiger partial charge in [0.1, 0.15) is 24.1 Å². The van der Waals surface area contributed by atoms with Crippen molar-refractivity contribution in [1.29, 1.82) is 0 Å². The summed E-state index contributed by atoms with van der Waals surface area (Å²) in [5, 5.41) is 0. The van der Waals surface area contributed by atoms with Gasteiger partial charge in [0.05, 0.1) is 6.61 Å². The summed E-state index contributed by atoms with van der Waals surface area (Å²) < 4.78 is 24.9. The summed E-state index contributed by atoms with van der Waals surface area (Å²) in [5.74, 6) is -0.269. The van der Waals surface area contributed by atoms with Crippen molar-refractivity contribution < 1.29 is 13.9 Å². The predicted octanol–water partition coefficient (Wildman–Crippen LogP) is 1.46. The lowest BCUT2D eigenvalue weighted by Crippen LogP contribution is -2.45. The summed E-state index contributed by atoms with van der Waals surface area (Å²) in [6.45, 7) is 2.79. The standard InChI is InChI=1S/C13H15FN2O2/c1-8-2-3-10(14)9(6-8)13-4-5-17-11(13)7-18-12(15)16-13/h2-3,6,11H,4-5,7H2,1H3,(H2,15,16). The third-order valence-corrected chi connectivity index (χ3v) is 3.62. The third-order valence-electron chi connectivity index (χ3n) is 3.62. The summed E-state index contributed by atoms with van der Waals surface area (Å²) in [6, 6.07) is 5.14. The van der Waals surface area contributed by atoms with E-state index in [1.807, 2.05) is 13.0 Å². The van der Waals surface area contributed by atoms with E-state index >= 15 is 0 Å². The van der Waals surface area contributed by atoms with Gasteiger partial charge in [0, 0.05) is 12.0 Å². The van der Waals surface area contributed by atoms with Crippen molar-refractivity contribution in [2.24, 2.45) is 10.7 Å². The van der Waals surface area contributed by atoms with Crippen molar-refractivity contribution >= 4 is 6.02 Å². The molecule has 2 atom stereocenters. The van der Waals surface area contributed by atoms with Crippen LogP contribution in [0.15, 0.2) is 23.2 Å². The fraction of sp³-hybridized carbons (Fsp3) is 0.462. The molecule has 0 aromatic heterocycles. The van der Waals surface area contributed by atoms with E-state index in [1.54, 1.807) is 6.07 Å². The quantitative estimate of drug-likeness (QED) is 0.821. The lowest BCUT2D eigenvalue weighted by Gasteiger charge is -2.34. The van der Waals surface area contributed by atoms with Crippen LogP contribution in [-0.2, 0) is 15.0 Å². The molecule has 96 valence electrons. The first-order valence-corrected chi connectivity index (χ1v) is 5.98. The third kappa shape index (κ3) is 1.58. The van der Waals surface area contributed by atoms with E-state index < -0.39 is 5.54 Å². The van der Waals surface area contributed by atoms with Crippen LogP contribution in [0.3, 0.4) is 0 Å². The molecule has 2 unspecified atom stereocenters. The van der Waals surface area contributed by atoms with Gasteiger partial charge in [0.25, 0.3) is 6.02 Å². The predicted molar refractivity (Wildman–Crippen MR) is 64.7 cm³/mol. The topological polar surface area (TPSA) is 56.8 Å². The number of nitrogens with two attached hydrogens (primary N) is 1. The normalized spacial score (nSPS) is 30.6. The number of aryl methyl sites for hydroxylation is 1. The van der Waals surface area contributed by atoms with Crippen LogP contribution in [0.5, 0.6) is 0 Å². The zero-order valence-electron chi connectivity index (χ0n) is 10.1. The average molecular weight is 250 g/mol. The van der Waals surface area contributed by atoms with Gasteiger partial charge in [-0.05, 0) is 13.0 Å². The van der Waals surface area contributed by atoms with Crippen molar-refractivity contribution in [3.8, 4) is 0 Å². The zero-order chi connectivity index (χ0) is 12.8. The van der Waals surface area contributed by atoms with Gasteiger partial charge in [-0.3, -0.25) is 0 Å². The van der Waals surface area contributed by atoms with Gasteiger partial charge in [0.2, 0.25) is 0 Å². The van der Waals surface area contributed by atoms with Crippen molar-refractivity contribution in [2.75, 3.05) is 13.2 Å². The van der Waals surface area contributed by atoms with Gasteiger partial charge in [-0.2, -0.15) is 0 Å². The van der Waals surface area contributed by atoms with Gasteiger partial charge in [-0.15, -0.1) is 0 Å². The van der Waals surface area contributed by atoms with E-state index in [-0.39, 0.29) is 17.9 Å². The Hall–Kier alpha value is -1.62. The highest BCUT2D eigenvalue weighted by atomic mass is 19.1. The number of fused-ring (bicyclic) bond motifs is 1. The maximum atomic E-state index is 14.1. The molecule has 0 bridgehead atoms. The first-order valence-electron chi connectivity index (χ1n) is 5.98. The largest absolute Gasteiger partial charge is 0.463 e. The summed E-state index contributed by atoms with van der Waals surface area (Å²) in [4.78, 5) is 4.36. The lowest BCUT2D eigenvalue weighted by molar-refractivity contribution is 0.0208. The zero-order valence-corrected chi connectivity index (χ0v) is 10.1. The van der Waals surface area contributed by atoms with Crippen LogP contribution >= 0.6 is 0 Å². The summed E-state index contributed by atoms with van der Waals surface area (Å²) in [7, 11) is 0. The molecule has 5 heteroatoms. The Kier molecular flexibility index (Phi) is 2.52. The molecule has 18 heavy (non-hydrogen) atoms. The minimum absolute atomic E-state index is 0.109. The van der Waals surface area contributed by atoms with E-state index in [1.165, 1.54) is 6.07 Å². The van der Waals surface area contributed by atoms with Gasteiger partial charge < -0.3 is 15.2 Å². The number of hydrogen-bond acceptors (Lipinski definition) is 4. The molecule has 2 aliphatic rings. The second kappa shape index (κ2) is 3.95. The SMILES string of the molecule is Cc1ccc(F)c(C23CCOC2COC(N)=N3)c1. The highest BCUT2D eigenvalue weighted by Gasteiger charge is 2.50. The Morgan fingerprint density at radius 2 is 2.33 bits per heavy atom. The maximum Gasteiger partial charge on any atom is 0.283 e.